The van der Waals surface area contributed by atoms with Crippen molar-refractivity contribution < 1.29 is 9.90 Å². The number of carboxylic acid groups (broad SMARTS) is 1. The van der Waals surface area contributed by atoms with Crippen LogP contribution in [0.2, 0.25) is 0 Å². The number of carbonyl (C=O) groups is 1. The Hall–Kier alpha value is -2.97. The number of imidazole rings is 1. The van der Waals surface area contributed by atoms with Crippen LogP contribution in [0, 0.1) is 0 Å². The second-order valence-corrected chi connectivity index (χ2v) is 5.92. The third kappa shape index (κ3) is 2.81. The summed E-state index contributed by atoms with van der Waals surface area (Å²) in [6.07, 6.45) is 4.65. The number of aromatic nitrogens is 6. The average molecular weight is 344 g/mol. The molecule has 3 aromatic rings. The molecule has 0 unspecified atom stereocenters. The summed E-state index contributed by atoms with van der Waals surface area (Å²) >= 11 is 0. The van der Waals surface area contributed by atoms with Crippen LogP contribution in [0.15, 0.2) is 23.3 Å². The summed E-state index contributed by atoms with van der Waals surface area (Å²) in [6.45, 7) is 4.30. The van der Waals surface area contributed by atoms with Gasteiger partial charge in [-0.3, -0.25) is 13.8 Å². The van der Waals surface area contributed by atoms with Gasteiger partial charge in [-0.05, 0) is 18.9 Å². The molecule has 0 radical (unpaired) electrons. The smallest absolute Gasteiger partial charge is 0.354 e. The maximum Gasteiger partial charge on any atom is 0.354 e. The first-order valence-electron chi connectivity index (χ1n) is 8.15. The molecule has 25 heavy (non-hydrogen) atoms. The fourth-order valence-electron chi connectivity index (χ4n) is 3.07. The molecular weight excluding hydrogens is 324 g/mol. The molecule has 0 amide bonds. The molecule has 1 N–H and O–H groups in total. The Bertz CT molecular complexity index is 980. The topological polar surface area (TPSA) is 108 Å². The van der Waals surface area contributed by atoms with Gasteiger partial charge < -0.3 is 5.11 Å². The molecule has 0 aromatic carbocycles. The molecule has 0 saturated heterocycles. The first-order valence-corrected chi connectivity index (χ1v) is 8.15. The van der Waals surface area contributed by atoms with Gasteiger partial charge in [-0.15, -0.1) is 5.10 Å². The van der Waals surface area contributed by atoms with Crippen LogP contribution in [0.3, 0.4) is 0 Å². The van der Waals surface area contributed by atoms with Crippen LogP contribution in [-0.4, -0.2) is 40.2 Å². The van der Waals surface area contributed by atoms with E-state index in [0.717, 1.165) is 18.5 Å². The van der Waals surface area contributed by atoms with Crippen molar-refractivity contribution in [2.24, 2.45) is 7.05 Å². The lowest BCUT2D eigenvalue weighted by Crippen LogP contribution is -2.28. The first kappa shape index (κ1) is 16.9. The molecule has 9 heteroatoms. The fourth-order valence-corrected chi connectivity index (χ4v) is 3.07. The molecule has 0 spiro atoms. The summed E-state index contributed by atoms with van der Waals surface area (Å²) < 4.78 is 4.85. The SMILES string of the molecule is CCC(CC)n1c(=O)n(Cc2cnnn2C)c2cc(C(=O)O)ncc21. The van der Waals surface area contributed by atoms with Crippen molar-refractivity contribution >= 4 is 17.0 Å². The highest BCUT2D eigenvalue weighted by atomic mass is 16.4. The molecule has 132 valence electrons. The van der Waals surface area contributed by atoms with Crippen molar-refractivity contribution in [1.82, 2.24) is 29.1 Å². The molecule has 9 nitrogen and oxygen atoms in total. The molecule has 0 atom stereocenters. The second-order valence-electron chi connectivity index (χ2n) is 5.92. The lowest BCUT2D eigenvalue weighted by molar-refractivity contribution is 0.0690. The molecule has 0 aliphatic carbocycles. The summed E-state index contributed by atoms with van der Waals surface area (Å²) in [4.78, 5) is 28.3. The highest BCUT2D eigenvalue weighted by molar-refractivity contribution is 5.90. The van der Waals surface area contributed by atoms with Gasteiger partial charge in [0, 0.05) is 13.1 Å². The van der Waals surface area contributed by atoms with Gasteiger partial charge in [0.15, 0.2) is 0 Å². The van der Waals surface area contributed by atoms with Gasteiger partial charge in [0.2, 0.25) is 0 Å². The van der Waals surface area contributed by atoms with E-state index >= 15 is 0 Å². The lowest BCUT2D eigenvalue weighted by atomic mass is 10.1. The Kier molecular flexibility index (Phi) is 4.39. The van der Waals surface area contributed by atoms with Crippen LogP contribution in [-0.2, 0) is 13.6 Å². The van der Waals surface area contributed by atoms with E-state index in [0.29, 0.717) is 11.0 Å². The predicted molar refractivity (Wildman–Crippen MR) is 90.7 cm³/mol. The van der Waals surface area contributed by atoms with E-state index in [2.05, 4.69) is 15.3 Å². The van der Waals surface area contributed by atoms with Crippen LogP contribution in [0.1, 0.15) is 48.9 Å². The second kappa shape index (κ2) is 6.50. The van der Waals surface area contributed by atoms with Gasteiger partial charge >= 0.3 is 11.7 Å². The predicted octanol–water partition coefficient (Wildman–Crippen LogP) is 1.43. The minimum absolute atomic E-state index is 0.0263. The molecule has 0 saturated carbocycles. The van der Waals surface area contributed by atoms with Gasteiger partial charge in [-0.1, -0.05) is 19.1 Å². The van der Waals surface area contributed by atoms with E-state index in [1.54, 1.807) is 27.1 Å². The molecule has 0 bridgehead atoms. The first-order chi connectivity index (χ1) is 12.0. The lowest BCUT2D eigenvalue weighted by Gasteiger charge is -2.14. The average Bonchev–Trinajstić information content (AvgIpc) is 3.12. The molecule has 0 aliphatic heterocycles. The Morgan fingerprint density at radius 2 is 1.96 bits per heavy atom. The standard InChI is InChI=1S/C16H20N6O3/c1-4-10(5-2)22-14-8-17-12(15(23)24)6-13(14)21(16(22)25)9-11-7-18-19-20(11)3/h6-8,10H,4-5,9H2,1-3H3,(H,23,24). The maximum atomic E-state index is 13.1. The zero-order valence-corrected chi connectivity index (χ0v) is 14.4. The number of aromatic carboxylic acids is 1. The van der Waals surface area contributed by atoms with Crippen molar-refractivity contribution in [3.05, 3.63) is 40.3 Å². The number of hydrogen-bond acceptors (Lipinski definition) is 5. The Morgan fingerprint density at radius 1 is 1.24 bits per heavy atom. The van der Waals surface area contributed by atoms with Crippen molar-refractivity contribution in [3.63, 3.8) is 0 Å². The Balaban J connectivity index is 2.27. The van der Waals surface area contributed by atoms with Crippen LogP contribution < -0.4 is 5.69 Å². The number of pyridine rings is 1. The van der Waals surface area contributed by atoms with Gasteiger partial charge in [0.1, 0.15) is 5.69 Å². The highest BCUT2D eigenvalue weighted by Gasteiger charge is 2.21. The summed E-state index contributed by atoms with van der Waals surface area (Å²) in [5.74, 6) is -1.13. The molecule has 0 fully saturated rings. The maximum absolute atomic E-state index is 13.1. The van der Waals surface area contributed by atoms with E-state index < -0.39 is 5.97 Å². The molecule has 3 aromatic heterocycles. The quantitative estimate of drug-likeness (QED) is 0.725. The Morgan fingerprint density at radius 3 is 2.52 bits per heavy atom. The largest absolute Gasteiger partial charge is 0.477 e. The third-order valence-electron chi connectivity index (χ3n) is 4.50. The number of carboxylic acids is 1. The number of nitrogens with zero attached hydrogens (tertiary/aromatic N) is 6. The third-order valence-corrected chi connectivity index (χ3v) is 4.50. The normalized spacial score (nSPS) is 11.5. The van der Waals surface area contributed by atoms with E-state index in [1.807, 2.05) is 13.8 Å². The zero-order valence-electron chi connectivity index (χ0n) is 14.4. The van der Waals surface area contributed by atoms with E-state index in [9.17, 15) is 14.7 Å². The van der Waals surface area contributed by atoms with Crippen molar-refractivity contribution in [2.75, 3.05) is 0 Å². The minimum Gasteiger partial charge on any atom is -0.477 e. The van der Waals surface area contributed by atoms with Gasteiger partial charge in [-0.25, -0.2) is 14.6 Å². The molecule has 0 aliphatic rings. The van der Waals surface area contributed by atoms with Crippen LogP contribution in [0.5, 0.6) is 0 Å². The van der Waals surface area contributed by atoms with Crippen molar-refractivity contribution in [1.29, 1.82) is 0 Å². The van der Waals surface area contributed by atoms with Crippen LogP contribution in [0.25, 0.3) is 11.0 Å². The monoisotopic (exact) mass is 344 g/mol. The van der Waals surface area contributed by atoms with Crippen molar-refractivity contribution in [3.8, 4) is 0 Å². The minimum atomic E-state index is -1.13. The summed E-state index contributed by atoms with van der Waals surface area (Å²) in [6, 6.07) is 1.47. The van der Waals surface area contributed by atoms with Crippen LogP contribution in [0.4, 0.5) is 0 Å². The highest BCUT2D eigenvalue weighted by Crippen LogP contribution is 2.22. The summed E-state index contributed by atoms with van der Waals surface area (Å²) in [7, 11) is 1.75. The van der Waals surface area contributed by atoms with Gasteiger partial charge in [-0.2, -0.15) is 0 Å². The zero-order chi connectivity index (χ0) is 18.1. The number of fused-ring (bicyclic) bond motifs is 1. The number of hydrogen-bond donors (Lipinski definition) is 1. The van der Waals surface area contributed by atoms with Crippen LogP contribution >= 0.6 is 0 Å². The molecular formula is C16H20N6O3. The number of aryl methyl sites for hydroxylation is 1. The van der Waals surface area contributed by atoms with Gasteiger partial charge in [0.05, 0.1) is 35.7 Å². The molecule has 3 rings (SSSR count). The molecule has 3 heterocycles. The van der Waals surface area contributed by atoms with Gasteiger partial charge in [0.25, 0.3) is 0 Å². The summed E-state index contributed by atoms with van der Waals surface area (Å²) in [5, 5.41) is 16.9. The number of rotatable bonds is 6. The summed E-state index contributed by atoms with van der Waals surface area (Å²) in [5.41, 5.74) is 1.66. The van der Waals surface area contributed by atoms with E-state index in [-0.39, 0.29) is 24.0 Å². The van der Waals surface area contributed by atoms with E-state index in [1.165, 1.54) is 12.3 Å². The van der Waals surface area contributed by atoms with Crippen molar-refractivity contribution in [2.45, 2.75) is 39.3 Å². The van der Waals surface area contributed by atoms with E-state index in [4.69, 9.17) is 0 Å². The Labute approximate surface area is 143 Å². The fraction of sp³-hybridized carbons (Fsp3) is 0.438.